The molecule has 1 aromatic heterocycles. The van der Waals surface area contributed by atoms with E-state index >= 15 is 0 Å². The summed E-state index contributed by atoms with van der Waals surface area (Å²) in [4.78, 5) is 12.4. The molecule has 23 heavy (non-hydrogen) atoms. The first-order valence-corrected chi connectivity index (χ1v) is 7.50. The van der Waals surface area contributed by atoms with Crippen LogP contribution < -0.4 is 5.32 Å². The monoisotopic (exact) mass is 326 g/mol. The molecule has 0 spiro atoms. The molecule has 6 heteroatoms. The van der Waals surface area contributed by atoms with Crippen molar-refractivity contribution in [1.82, 2.24) is 15.0 Å². The van der Waals surface area contributed by atoms with Crippen LogP contribution in [0.25, 0.3) is 5.69 Å². The number of para-hydroxylation sites is 1. The molecule has 2 aromatic carbocycles. The minimum Gasteiger partial charge on any atom is -0.321 e. The largest absolute Gasteiger partial charge is 0.321 e. The lowest BCUT2D eigenvalue weighted by Gasteiger charge is -2.08. The number of hydrogen-bond donors (Lipinski definition) is 1. The molecule has 116 valence electrons. The molecule has 1 N–H and O–H groups in total. The van der Waals surface area contributed by atoms with E-state index in [0.29, 0.717) is 16.4 Å². The van der Waals surface area contributed by atoms with Gasteiger partial charge < -0.3 is 5.32 Å². The Labute approximate surface area is 138 Å². The maximum absolute atomic E-state index is 12.4. The van der Waals surface area contributed by atoms with Crippen molar-refractivity contribution in [2.45, 2.75) is 13.8 Å². The van der Waals surface area contributed by atoms with E-state index in [0.717, 1.165) is 11.3 Å². The van der Waals surface area contributed by atoms with Crippen molar-refractivity contribution >= 4 is 23.2 Å². The Morgan fingerprint density at radius 2 is 1.83 bits per heavy atom. The van der Waals surface area contributed by atoms with Gasteiger partial charge in [-0.3, -0.25) is 4.79 Å². The third kappa shape index (κ3) is 2.96. The zero-order chi connectivity index (χ0) is 16.4. The number of carbonyl (C=O) groups excluding carboxylic acids is 1. The van der Waals surface area contributed by atoms with Gasteiger partial charge >= 0.3 is 0 Å². The van der Waals surface area contributed by atoms with Gasteiger partial charge in [0.1, 0.15) is 0 Å². The topological polar surface area (TPSA) is 59.8 Å². The number of nitrogens with zero attached hydrogens (tertiary/aromatic N) is 3. The summed E-state index contributed by atoms with van der Waals surface area (Å²) in [5.74, 6) is -0.292. The predicted molar refractivity (Wildman–Crippen MR) is 90.2 cm³/mol. The molecule has 0 atom stereocenters. The minimum atomic E-state index is -0.292. The van der Waals surface area contributed by atoms with E-state index < -0.39 is 0 Å². The highest BCUT2D eigenvalue weighted by atomic mass is 35.5. The number of aromatic nitrogens is 3. The fourth-order valence-corrected chi connectivity index (χ4v) is 2.47. The molecule has 0 saturated heterocycles. The molecule has 1 amide bonds. The van der Waals surface area contributed by atoms with Gasteiger partial charge in [0.15, 0.2) is 5.69 Å². The van der Waals surface area contributed by atoms with Gasteiger partial charge in [0.2, 0.25) is 0 Å². The third-order valence-electron chi connectivity index (χ3n) is 3.61. The molecule has 3 aromatic rings. The second-order valence-electron chi connectivity index (χ2n) is 5.14. The average molecular weight is 327 g/mol. The predicted octanol–water partition coefficient (Wildman–Crippen LogP) is 3.79. The first kappa shape index (κ1) is 15.2. The first-order valence-electron chi connectivity index (χ1n) is 7.12. The Kier molecular flexibility index (Phi) is 4.12. The van der Waals surface area contributed by atoms with Crippen LogP contribution in [0.3, 0.4) is 0 Å². The number of amides is 1. The quantitative estimate of drug-likeness (QED) is 0.796. The van der Waals surface area contributed by atoms with Crippen LogP contribution in [-0.4, -0.2) is 20.9 Å². The highest BCUT2D eigenvalue weighted by molar-refractivity contribution is 6.31. The molecule has 0 unspecified atom stereocenters. The van der Waals surface area contributed by atoms with Crippen molar-refractivity contribution in [3.8, 4) is 5.69 Å². The lowest BCUT2D eigenvalue weighted by molar-refractivity contribution is 0.102. The number of nitrogens with one attached hydrogen (secondary N) is 1. The van der Waals surface area contributed by atoms with Crippen molar-refractivity contribution in [3.05, 3.63) is 70.5 Å². The highest BCUT2D eigenvalue weighted by Gasteiger charge is 2.18. The van der Waals surface area contributed by atoms with E-state index in [1.165, 1.54) is 0 Å². The summed E-state index contributed by atoms with van der Waals surface area (Å²) in [6, 6.07) is 14.8. The van der Waals surface area contributed by atoms with Gasteiger partial charge in [0.25, 0.3) is 5.91 Å². The molecule has 0 aliphatic carbocycles. The van der Waals surface area contributed by atoms with Crippen LogP contribution in [0.4, 0.5) is 5.69 Å². The summed E-state index contributed by atoms with van der Waals surface area (Å²) in [5, 5.41) is 11.6. The molecule has 0 aliphatic rings. The van der Waals surface area contributed by atoms with Crippen LogP contribution in [0.1, 0.15) is 21.7 Å². The molecule has 0 fully saturated rings. The van der Waals surface area contributed by atoms with Crippen molar-refractivity contribution in [3.63, 3.8) is 0 Å². The second kappa shape index (κ2) is 6.22. The van der Waals surface area contributed by atoms with Crippen molar-refractivity contribution in [1.29, 1.82) is 0 Å². The van der Waals surface area contributed by atoms with Gasteiger partial charge in [-0.1, -0.05) is 41.1 Å². The summed E-state index contributed by atoms with van der Waals surface area (Å²) in [6.07, 6.45) is 0. The van der Waals surface area contributed by atoms with Crippen LogP contribution in [0, 0.1) is 13.8 Å². The Morgan fingerprint density at radius 3 is 2.57 bits per heavy atom. The molecule has 0 bridgehead atoms. The number of anilines is 1. The number of carbonyl (C=O) groups is 1. The van der Waals surface area contributed by atoms with Gasteiger partial charge in [-0.25, -0.2) is 4.68 Å². The first-order chi connectivity index (χ1) is 11.1. The Bertz CT molecular complexity index is 858. The summed E-state index contributed by atoms with van der Waals surface area (Å²) in [7, 11) is 0. The molecule has 3 rings (SSSR count). The molecule has 0 radical (unpaired) electrons. The van der Waals surface area contributed by atoms with E-state index in [1.807, 2.05) is 55.5 Å². The van der Waals surface area contributed by atoms with E-state index in [2.05, 4.69) is 15.6 Å². The molecular weight excluding hydrogens is 312 g/mol. The Hall–Kier alpha value is -2.66. The van der Waals surface area contributed by atoms with E-state index in [4.69, 9.17) is 11.6 Å². The van der Waals surface area contributed by atoms with Crippen LogP contribution >= 0.6 is 11.6 Å². The summed E-state index contributed by atoms with van der Waals surface area (Å²) < 4.78 is 1.63. The van der Waals surface area contributed by atoms with Gasteiger partial charge in [0.05, 0.1) is 11.4 Å². The van der Waals surface area contributed by atoms with Crippen molar-refractivity contribution < 1.29 is 4.79 Å². The molecule has 0 saturated carbocycles. The van der Waals surface area contributed by atoms with Gasteiger partial charge in [-0.05, 0) is 43.7 Å². The number of rotatable bonds is 3. The second-order valence-corrected chi connectivity index (χ2v) is 5.55. The average Bonchev–Trinajstić information content (AvgIpc) is 2.93. The fourth-order valence-electron chi connectivity index (χ4n) is 2.31. The third-order valence-corrected chi connectivity index (χ3v) is 4.02. The van der Waals surface area contributed by atoms with Crippen LogP contribution in [0.5, 0.6) is 0 Å². The van der Waals surface area contributed by atoms with E-state index in [9.17, 15) is 4.79 Å². The number of benzene rings is 2. The molecular formula is C17H15ClN4O. The summed E-state index contributed by atoms with van der Waals surface area (Å²) in [6.45, 7) is 3.71. The lowest BCUT2D eigenvalue weighted by Crippen LogP contribution is -2.14. The molecule has 0 aliphatic heterocycles. The van der Waals surface area contributed by atoms with Crippen LogP contribution in [0.2, 0.25) is 5.02 Å². The van der Waals surface area contributed by atoms with Crippen LogP contribution in [0.15, 0.2) is 48.5 Å². The zero-order valence-electron chi connectivity index (χ0n) is 12.7. The Morgan fingerprint density at radius 1 is 1.09 bits per heavy atom. The Balaban J connectivity index is 1.93. The summed E-state index contributed by atoms with van der Waals surface area (Å²) in [5.41, 5.74) is 3.35. The van der Waals surface area contributed by atoms with Gasteiger partial charge in [0, 0.05) is 10.7 Å². The minimum absolute atomic E-state index is 0.285. The van der Waals surface area contributed by atoms with Crippen molar-refractivity contribution in [2.24, 2.45) is 0 Å². The van der Waals surface area contributed by atoms with Crippen LogP contribution in [-0.2, 0) is 0 Å². The SMILES string of the molecule is Cc1c(Cl)cccc1-n1nnc(C(=O)Nc2ccccc2)c1C. The fraction of sp³-hybridized carbons (Fsp3) is 0.118. The molecule has 1 heterocycles. The molecule has 5 nitrogen and oxygen atoms in total. The number of hydrogen-bond acceptors (Lipinski definition) is 3. The van der Waals surface area contributed by atoms with Gasteiger partial charge in [-0.2, -0.15) is 0 Å². The van der Waals surface area contributed by atoms with E-state index in [1.54, 1.807) is 11.6 Å². The maximum Gasteiger partial charge on any atom is 0.278 e. The zero-order valence-corrected chi connectivity index (χ0v) is 13.5. The van der Waals surface area contributed by atoms with Gasteiger partial charge in [-0.15, -0.1) is 5.10 Å². The normalized spacial score (nSPS) is 10.6. The standard InChI is InChI=1S/C17H15ClN4O/c1-11-14(18)9-6-10-15(11)22-12(2)16(20-21-22)17(23)19-13-7-4-3-5-8-13/h3-10H,1-2H3,(H,19,23). The van der Waals surface area contributed by atoms with E-state index in [-0.39, 0.29) is 11.6 Å². The smallest absolute Gasteiger partial charge is 0.278 e. The summed E-state index contributed by atoms with van der Waals surface area (Å²) >= 11 is 6.15. The highest BCUT2D eigenvalue weighted by Crippen LogP contribution is 2.23. The maximum atomic E-state index is 12.4. The number of halogens is 1. The van der Waals surface area contributed by atoms with Crippen molar-refractivity contribution in [2.75, 3.05) is 5.32 Å². The lowest BCUT2D eigenvalue weighted by atomic mass is 10.2.